The van der Waals surface area contributed by atoms with E-state index in [1.54, 1.807) is 0 Å². The van der Waals surface area contributed by atoms with E-state index >= 15 is 0 Å². The molecule has 0 bridgehead atoms. The molecule has 2 aromatic carbocycles. The molecule has 0 spiro atoms. The van der Waals surface area contributed by atoms with E-state index in [0.717, 1.165) is 29.7 Å². The molecule has 4 rings (SSSR count). The molecule has 1 aliphatic rings. The van der Waals surface area contributed by atoms with Crippen LogP contribution in [0, 0.1) is 18.3 Å². The number of H-pyrrole nitrogens is 1. The molecule has 0 atom stereocenters. The smallest absolute Gasteiger partial charge is 0.149 e. The van der Waals surface area contributed by atoms with E-state index < -0.39 is 0 Å². The lowest BCUT2D eigenvalue weighted by molar-refractivity contribution is 0.949. The first-order chi connectivity index (χ1) is 12.2. The zero-order chi connectivity index (χ0) is 17.2. The fraction of sp³-hybridized carbons (Fsp3) is 0.238. The first-order valence-electron chi connectivity index (χ1n) is 8.66. The molecule has 25 heavy (non-hydrogen) atoms. The summed E-state index contributed by atoms with van der Waals surface area (Å²) < 4.78 is 0. The highest BCUT2D eigenvalue weighted by atomic mass is 15.1. The topological polar surface area (TPSA) is 55.7 Å². The molecule has 1 saturated heterocycles. The highest BCUT2D eigenvalue weighted by Crippen LogP contribution is 2.23. The number of hydrogen-bond acceptors (Lipinski definition) is 3. The van der Waals surface area contributed by atoms with Gasteiger partial charge < -0.3 is 9.88 Å². The van der Waals surface area contributed by atoms with Crippen molar-refractivity contribution in [1.29, 1.82) is 5.26 Å². The van der Waals surface area contributed by atoms with Crippen LogP contribution in [0.2, 0.25) is 0 Å². The maximum Gasteiger partial charge on any atom is 0.149 e. The Hall–Kier alpha value is -3.06. The highest BCUT2D eigenvalue weighted by molar-refractivity contribution is 5.90. The number of rotatable bonds is 3. The van der Waals surface area contributed by atoms with E-state index in [4.69, 9.17) is 0 Å². The first-order valence-corrected chi connectivity index (χ1v) is 8.66. The predicted octanol–water partition coefficient (Wildman–Crippen LogP) is 4.54. The summed E-state index contributed by atoms with van der Waals surface area (Å²) in [5.74, 6) is 0.617. The van der Waals surface area contributed by atoms with Crippen molar-refractivity contribution in [2.75, 3.05) is 18.0 Å². The summed E-state index contributed by atoms with van der Waals surface area (Å²) in [5, 5.41) is 9.56. The van der Waals surface area contributed by atoms with Crippen molar-refractivity contribution < 1.29 is 0 Å². The maximum atomic E-state index is 9.56. The molecule has 4 heteroatoms. The van der Waals surface area contributed by atoms with E-state index in [2.05, 4.69) is 45.2 Å². The first kappa shape index (κ1) is 15.5. The number of hydrogen-bond donors (Lipinski definition) is 1. The van der Waals surface area contributed by atoms with Gasteiger partial charge in [0.15, 0.2) is 0 Å². The average molecular weight is 328 g/mol. The van der Waals surface area contributed by atoms with Crippen LogP contribution in [0.5, 0.6) is 0 Å². The van der Waals surface area contributed by atoms with E-state index in [-0.39, 0.29) is 0 Å². The molecular formula is C21H20N4. The van der Waals surface area contributed by atoms with Crippen molar-refractivity contribution in [3.05, 3.63) is 59.4 Å². The Labute approximate surface area is 147 Å². The van der Waals surface area contributed by atoms with Crippen LogP contribution in [0.25, 0.3) is 22.7 Å². The minimum absolute atomic E-state index is 0.544. The SMILES string of the molecule is Cc1ccc2nc(C(C#N)=Cc3ccc(N4CCCC4)cc3)[nH]c2c1. The second-order valence-electron chi connectivity index (χ2n) is 6.56. The van der Waals surface area contributed by atoms with Crippen LogP contribution in [0.4, 0.5) is 5.69 Å². The second-order valence-corrected chi connectivity index (χ2v) is 6.56. The summed E-state index contributed by atoms with van der Waals surface area (Å²) >= 11 is 0. The van der Waals surface area contributed by atoms with Gasteiger partial charge in [-0.15, -0.1) is 0 Å². The Kier molecular flexibility index (Phi) is 3.99. The summed E-state index contributed by atoms with van der Waals surface area (Å²) in [6, 6.07) is 16.7. The van der Waals surface area contributed by atoms with Gasteiger partial charge in [-0.05, 0) is 61.2 Å². The van der Waals surface area contributed by atoms with Gasteiger partial charge in [0, 0.05) is 18.8 Å². The lowest BCUT2D eigenvalue weighted by atomic mass is 10.1. The summed E-state index contributed by atoms with van der Waals surface area (Å²) in [5.41, 5.74) is 5.82. The molecule has 1 aliphatic heterocycles. The Balaban J connectivity index is 1.64. The Morgan fingerprint density at radius 3 is 2.64 bits per heavy atom. The van der Waals surface area contributed by atoms with E-state index in [1.807, 2.05) is 31.2 Å². The monoisotopic (exact) mass is 328 g/mol. The van der Waals surface area contributed by atoms with Crippen LogP contribution in [0.15, 0.2) is 42.5 Å². The van der Waals surface area contributed by atoms with Gasteiger partial charge in [0.25, 0.3) is 0 Å². The van der Waals surface area contributed by atoms with Crippen molar-refractivity contribution in [1.82, 2.24) is 9.97 Å². The van der Waals surface area contributed by atoms with Gasteiger partial charge in [-0.2, -0.15) is 5.26 Å². The third-order valence-electron chi connectivity index (χ3n) is 4.69. The number of aryl methyl sites for hydroxylation is 1. The summed E-state index contributed by atoms with van der Waals surface area (Å²) in [4.78, 5) is 10.2. The number of imidazole rings is 1. The summed E-state index contributed by atoms with van der Waals surface area (Å²) in [7, 11) is 0. The number of allylic oxidation sites excluding steroid dienone is 1. The molecule has 0 radical (unpaired) electrons. The van der Waals surface area contributed by atoms with Gasteiger partial charge in [-0.25, -0.2) is 4.98 Å². The molecule has 0 amide bonds. The number of aromatic nitrogens is 2. The molecule has 0 saturated carbocycles. The molecule has 1 N–H and O–H groups in total. The van der Waals surface area contributed by atoms with Crippen LogP contribution in [-0.2, 0) is 0 Å². The molecular weight excluding hydrogens is 308 g/mol. The van der Waals surface area contributed by atoms with Crippen LogP contribution in [0.1, 0.15) is 29.8 Å². The van der Waals surface area contributed by atoms with Crippen molar-refractivity contribution in [2.45, 2.75) is 19.8 Å². The number of nitrogens with one attached hydrogen (secondary N) is 1. The third-order valence-corrected chi connectivity index (χ3v) is 4.69. The highest BCUT2D eigenvalue weighted by Gasteiger charge is 2.12. The number of aromatic amines is 1. The van der Waals surface area contributed by atoms with Gasteiger partial charge in [0.2, 0.25) is 0 Å². The van der Waals surface area contributed by atoms with E-state index in [9.17, 15) is 5.26 Å². The fourth-order valence-corrected chi connectivity index (χ4v) is 3.33. The van der Waals surface area contributed by atoms with Crippen LogP contribution in [-0.4, -0.2) is 23.1 Å². The summed E-state index contributed by atoms with van der Waals surface area (Å²) in [6.07, 6.45) is 4.43. The molecule has 1 fully saturated rings. The Bertz CT molecular complexity index is 967. The number of benzene rings is 2. The number of nitriles is 1. The van der Waals surface area contributed by atoms with Gasteiger partial charge in [0.05, 0.1) is 16.6 Å². The van der Waals surface area contributed by atoms with Crippen LogP contribution >= 0.6 is 0 Å². The van der Waals surface area contributed by atoms with Gasteiger partial charge in [-0.3, -0.25) is 0 Å². The van der Waals surface area contributed by atoms with Gasteiger partial charge in [0.1, 0.15) is 11.9 Å². The number of fused-ring (bicyclic) bond motifs is 1. The second kappa shape index (κ2) is 6.45. The van der Waals surface area contributed by atoms with Crippen molar-refractivity contribution in [3.63, 3.8) is 0 Å². The molecule has 124 valence electrons. The number of nitrogens with zero attached hydrogens (tertiary/aromatic N) is 3. The predicted molar refractivity (Wildman–Crippen MR) is 102 cm³/mol. The average Bonchev–Trinajstić information content (AvgIpc) is 3.29. The largest absolute Gasteiger partial charge is 0.372 e. The maximum absolute atomic E-state index is 9.56. The molecule has 0 aliphatic carbocycles. The minimum atomic E-state index is 0.544. The third kappa shape index (κ3) is 3.14. The molecule has 1 aromatic heterocycles. The molecule has 3 aromatic rings. The van der Waals surface area contributed by atoms with Crippen molar-refractivity contribution >= 4 is 28.4 Å². The quantitative estimate of drug-likeness (QED) is 0.718. The van der Waals surface area contributed by atoms with Crippen molar-refractivity contribution in [3.8, 4) is 6.07 Å². The zero-order valence-electron chi connectivity index (χ0n) is 14.3. The van der Waals surface area contributed by atoms with Crippen LogP contribution < -0.4 is 4.90 Å². The minimum Gasteiger partial charge on any atom is -0.372 e. The molecule has 0 unspecified atom stereocenters. The normalized spacial score (nSPS) is 14.9. The zero-order valence-corrected chi connectivity index (χ0v) is 14.3. The number of anilines is 1. The van der Waals surface area contributed by atoms with E-state index in [1.165, 1.54) is 24.1 Å². The Morgan fingerprint density at radius 2 is 1.92 bits per heavy atom. The standard InChI is InChI=1S/C21H20N4/c1-15-4-9-19-20(12-15)24-21(23-19)17(14-22)13-16-5-7-18(8-6-16)25-10-2-3-11-25/h4-9,12-13H,2-3,10-11H2,1H3,(H,23,24). The lowest BCUT2D eigenvalue weighted by Gasteiger charge is -2.17. The summed E-state index contributed by atoms with van der Waals surface area (Å²) in [6.45, 7) is 4.32. The molecule has 4 nitrogen and oxygen atoms in total. The van der Waals surface area contributed by atoms with Gasteiger partial charge >= 0.3 is 0 Å². The molecule has 2 heterocycles. The van der Waals surface area contributed by atoms with E-state index in [0.29, 0.717) is 11.4 Å². The van der Waals surface area contributed by atoms with Crippen molar-refractivity contribution in [2.24, 2.45) is 0 Å². The van der Waals surface area contributed by atoms with Crippen LogP contribution in [0.3, 0.4) is 0 Å². The Morgan fingerprint density at radius 1 is 1.16 bits per heavy atom. The lowest BCUT2D eigenvalue weighted by Crippen LogP contribution is -2.17. The van der Waals surface area contributed by atoms with Gasteiger partial charge in [-0.1, -0.05) is 18.2 Å². The fourth-order valence-electron chi connectivity index (χ4n) is 3.33.